The Bertz CT molecular complexity index is 3010. The molecule has 0 saturated heterocycles. The van der Waals surface area contributed by atoms with E-state index in [0.29, 0.717) is 57.2 Å². The van der Waals surface area contributed by atoms with Gasteiger partial charge in [0.15, 0.2) is 23.1 Å². The first-order valence-electron chi connectivity index (χ1n) is 20.4. The zero-order valence-electron chi connectivity index (χ0n) is 37.3. The van der Waals surface area contributed by atoms with Gasteiger partial charge in [-0.2, -0.15) is 79.0 Å². The van der Waals surface area contributed by atoms with E-state index in [1.54, 1.807) is 0 Å². The van der Waals surface area contributed by atoms with E-state index >= 15 is 4.39 Å². The molecule has 6 aromatic carbocycles. The molecular weight excluding hydrogens is 1050 g/mol. The summed E-state index contributed by atoms with van der Waals surface area (Å²) in [6, 6.07) is 9.04. The molecule has 0 aliphatic heterocycles. The summed E-state index contributed by atoms with van der Waals surface area (Å²) in [6.45, 7) is 1.68. The first kappa shape index (κ1) is 56.0. The highest BCUT2D eigenvalue weighted by Gasteiger charge is 2.72. The fourth-order valence-electron chi connectivity index (χ4n) is 8.07. The number of carbonyl (C=O) groups is 2. The molecule has 74 heavy (non-hydrogen) atoms. The van der Waals surface area contributed by atoms with Gasteiger partial charge in [-0.25, -0.2) is 8.78 Å². The second kappa shape index (κ2) is 19.2. The number of methoxy groups -OCH3 is 1. The van der Waals surface area contributed by atoms with Crippen LogP contribution < -0.4 is 14.2 Å². The molecule has 0 unspecified atom stereocenters. The highest BCUT2D eigenvalue weighted by atomic mass is 19.4. The summed E-state index contributed by atoms with van der Waals surface area (Å²) in [5, 5.41) is 0. The van der Waals surface area contributed by atoms with Crippen molar-refractivity contribution < 1.29 is 112 Å². The van der Waals surface area contributed by atoms with Crippen LogP contribution in [0.3, 0.4) is 0 Å². The van der Waals surface area contributed by atoms with Crippen LogP contribution in [-0.2, 0) is 30.1 Å². The van der Waals surface area contributed by atoms with Gasteiger partial charge in [0, 0.05) is 11.1 Å². The largest absolute Gasteiger partial charge is 0.497 e. The lowest BCUT2D eigenvalue weighted by Gasteiger charge is -2.38. The van der Waals surface area contributed by atoms with E-state index in [2.05, 4.69) is 0 Å². The molecule has 0 fully saturated rings. The number of benzene rings is 6. The predicted molar refractivity (Wildman–Crippen MR) is 219 cm³/mol. The van der Waals surface area contributed by atoms with Gasteiger partial charge in [-0.15, -0.1) is 0 Å². The molecule has 0 atom stereocenters. The summed E-state index contributed by atoms with van der Waals surface area (Å²) in [6.07, 6.45) is -35.8. The molecular formula is C49H28F20O5. The molecule has 0 aliphatic carbocycles. The van der Waals surface area contributed by atoms with Crippen molar-refractivity contribution in [1.29, 1.82) is 0 Å². The van der Waals surface area contributed by atoms with Crippen molar-refractivity contribution >= 4 is 11.6 Å². The van der Waals surface area contributed by atoms with Crippen molar-refractivity contribution in [2.45, 2.75) is 63.2 Å². The highest BCUT2D eigenvalue weighted by molar-refractivity contribution is 6.12. The molecule has 6 rings (SSSR count). The predicted octanol–water partition coefficient (Wildman–Crippen LogP) is 16.4. The topological polar surface area (TPSA) is 61.8 Å². The summed E-state index contributed by atoms with van der Waals surface area (Å²) in [5.41, 5.74) is -26.7. The lowest BCUT2D eigenvalue weighted by molar-refractivity contribution is -0.288. The molecule has 0 N–H and O–H groups in total. The average molecular weight is 1080 g/mol. The zero-order valence-corrected chi connectivity index (χ0v) is 37.3. The van der Waals surface area contributed by atoms with Gasteiger partial charge < -0.3 is 14.2 Å². The van der Waals surface area contributed by atoms with Gasteiger partial charge in [-0.1, -0.05) is 24.3 Å². The highest BCUT2D eigenvalue weighted by Crippen LogP contribution is 2.57. The van der Waals surface area contributed by atoms with Gasteiger partial charge in [0.05, 0.1) is 23.8 Å². The summed E-state index contributed by atoms with van der Waals surface area (Å²) in [5.74, 6) is -13.0. The Morgan fingerprint density at radius 3 is 1.09 bits per heavy atom. The lowest BCUT2D eigenvalue weighted by atomic mass is 9.73. The Balaban J connectivity index is 1.34. The quantitative estimate of drug-likeness (QED) is 0.0956. The van der Waals surface area contributed by atoms with Gasteiger partial charge >= 0.3 is 37.1 Å². The van der Waals surface area contributed by atoms with Crippen molar-refractivity contribution in [2.24, 2.45) is 0 Å². The third-order valence-corrected chi connectivity index (χ3v) is 11.6. The van der Waals surface area contributed by atoms with Crippen LogP contribution in [0.5, 0.6) is 28.7 Å². The number of carbonyl (C=O) groups excluding carboxylic acids is 2. The number of rotatable bonds is 11. The van der Waals surface area contributed by atoms with Crippen molar-refractivity contribution in [1.82, 2.24) is 0 Å². The molecule has 0 aliphatic rings. The van der Waals surface area contributed by atoms with E-state index in [0.717, 1.165) is 43.5 Å². The average Bonchev–Trinajstić information content (AvgIpc) is 3.26. The molecule has 6 aromatic rings. The van der Waals surface area contributed by atoms with E-state index in [1.165, 1.54) is 0 Å². The Kier molecular flexibility index (Phi) is 14.5. The van der Waals surface area contributed by atoms with Gasteiger partial charge in [-0.3, -0.25) is 9.59 Å². The van der Waals surface area contributed by atoms with Crippen molar-refractivity contribution in [2.75, 3.05) is 7.11 Å². The number of hydrogen-bond acceptors (Lipinski definition) is 5. The SMILES string of the molecule is COc1ccc(C(c2ccc(Oc3c(C(F)(F)F)c(C)c(C(=O)c4ccc(Oc5ccc(C(=O)c6c(C(F)(F)F)c(C)c(C)c(F)c6C(F)(F)F)cc5)cc4)c(F)c3C(F)(F)F)cc2)(C(F)(F)F)C(F)(F)F)cc1. The van der Waals surface area contributed by atoms with Crippen molar-refractivity contribution in [3.63, 3.8) is 0 Å². The maximum Gasteiger partial charge on any atom is 0.422 e. The van der Waals surface area contributed by atoms with Gasteiger partial charge in [-0.05, 0) is 121 Å². The van der Waals surface area contributed by atoms with E-state index in [9.17, 15) is 93.0 Å². The molecule has 0 bridgehead atoms. The number of hydrogen-bond donors (Lipinski definition) is 0. The van der Waals surface area contributed by atoms with Crippen LogP contribution in [0, 0.1) is 32.4 Å². The zero-order chi connectivity index (χ0) is 55.6. The summed E-state index contributed by atoms with van der Waals surface area (Å²) in [4.78, 5) is 26.9. The van der Waals surface area contributed by atoms with Crippen LogP contribution in [-0.4, -0.2) is 31.0 Å². The summed E-state index contributed by atoms with van der Waals surface area (Å²) >= 11 is 0. The molecule has 25 heteroatoms. The second-order valence-corrected chi connectivity index (χ2v) is 16.0. The molecule has 0 radical (unpaired) electrons. The third kappa shape index (κ3) is 10.2. The minimum atomic E-state index is -6.19. The van der Waals surface area contributed by atoms with Crippen LogP contribution in [0.4, 0.5) is 87.8 Å². The van der Waals surface area contributed by atoms with Gasteiger partial charge in [0.2, 0.25) is 5.41 Å². The summed E-state index contributed by atoms with van der Waals surface area (Å²) in [7, 11) is 1.06. The Labute approximate surface area is 402 Å². The van der Waals surface area contributed by atoms with Crippen LogP contribution in [0.2, 0.25) is 0 Å². The third-order valence-electron chi connectivity index (χ3n) is 11.6. The van der Waals surface area contributed by atoms with Crippen LogP contribution in [0.25, 0.3) is 0 Å². The van der Waals surface area contributed by atoms with E-state index in [-0.39, 0.29) is 41.5 Å². The molecule has 0 aromatic heterocycles. The number of alkyl halides is 18. The van der Waals surface area contributed by atoms with Gasteiger partial charge in [0.1, 0.15) is 45.5 Å². The molecule has 0 amide bonds. The van der Waals surface area contributed by atoms with Crippen molar-refractivity contribution in [3.8, 4) is 28.7 Å². The van der Waals surface area contributed by atoms with Crippen LogP contribution >= 0.6 is 0 Å². The van der Waals surface area contributed by atoms with Gasteiger partial charge in [0.25, 0.3) is 0 Å². The minimum absolute atomic E-state index is 0.0637. The number of halogens is 20. The monoisotopic (exact) mass is 1080 g/mol. The fourth-order valence-corrected chi connectivity index (χ4v) is 8.07. The lowest BCUT2D eigenvalue weighted by Crippen LogP contribution is -2.54. The first-order valence-corrected chi connectivity index (χ1v) is 20.4. The maximum absolute atomic E-state index is 16.2. The summed E-state index contributed by atoms with van der Waals surface area (Å²) < 4.78 is 307. The second-order valence-electron chi connectivity index (χ2n) is 16.0. The standard InChI is InChI=1S/C49H28F20O5/c1-21-22(2)38(50)36(46(58,59)60)33(34(21)44(52,53)54)41(71)25-7-15-30(16-8-25)73-29-13-5-24(6-14-29)40(70)32-23(3)35(45(55,56)57)42(37(39(32)51)47(61,62)63)74-31-19-11-27(12-20-31)43(48(64,65)66,49(67,68)69)26-9-17-28(72-4)18-10-26/h5-20H,1-4H3. The molecule has 0 spiro atoms. The Hall–Kier alpha value is -7.34. The smallest absolute Gasteiger partial charge is 0.422 e. The first-order chi connectivity index (χ1) is 33.9. The van der Waals surface area contributed by atoms with E-state index in [1.807, 2.05) is 0 Å². The molecule has 394 valence electrons. The van der Waals surface area contributed by atoms with Crippen molar-refractivity contribution in [3.05, 3.63) is 181 Å². The molecule has 0 saturated carbocycles. The number of ether oxygens (including phenoxy) is 3. The van der Waals surface area contributed by atoms with E-state index < -0.39 is 149 Å². The minimum Gasteiger partial charge on any atom is -0.497 e. The van der Waals surface area contributed by atoms with Crippen LogP contribution in [0.15, 0.2) is 97.1 Å². The Morgan fingerprint density at radius 1 is 0.378 bits per heavy atom. The number of ketones is 2. The molecule has 5 nitrogen and oxygen atoms in total. The maximum atomic E-state index is 16.2. The van der Waals surface area contributed by atoms with Crippen LogP contribution in [0.1, 0.15) is 81.9 Å². The normalized spacial score (nSPS) is 13.0. The molecule has 0 heterocycles. The van der Waals surface area contributed by atoms with E-state index in [4.69, 9.17) is 14.2 Å². The fraction of sp³-hybridized carbons (Fsp3) is 0.224. The Morgan fingerprint density at radius 2 is 0.730 bits per heavy atom.